The Kier molecular flexibility index (Phi) is 7.79. The van der Waals surface area contributed by atoms with Crippen molar-refractivity contribution in [3.63, 3.8) is 0 Å². The standard InChI is InChI=1S/C29H28F5N5O4Si/c1-17-36-15-24(42-17)25-21-12-20(6-8-23(21)39(38-25)16-41-9-10-44(2,3)4)37-28(43-26(40)29(32,33)34)22-7-5-18(14-35)11-19(22)13-27(28,30)31/h5-8,11-12,15,37H,9-10,13,16H2,1-4H3. The fourth-order valence-corrected chi connectivity index (χ4v) is 5.72. The molecule has 2 aromatic heterocycles. The Hall–Kier alpha value is -4.29. The van der Waals surface area contributed by atoms with Crippen LogP contribution in [0.3, 0.4) is 0 Å². The van der Waals surface area contributed by atoms with Crippen molar-refractivity contribution >= 4 is 30.6 Å². The van der Waals surface area contributed by atoms with Gasteiger partial charge in [0.15, 0.2) is 11.7 Å². The topological polar surface area (TPSA) is 115 Å². The Labute approximate surface area is 249 Å². The second-order valence-corrected chi connectivity index (χ2v) is 17.4. The molecule has 5 rings (SSSR count). The van der Waals surface area contributed by atoms with Gasteiger partial charge in [0.25, 0.3) is 5.72 Å². The second-order valence-electron chi connectivity index (χ2n) is 11.7. The number of aromatic nitrogens is 3. The van der Waals surface area contributed by atoms with Crippen LogP contribution in [0.15, 0.2) is 47.0 Å². The molecular formula is C29H28F5N5O4Si. The molecule has 2 heterocycles. The zero-order valence-corrected chi connectivity index (χ0v) is 25.2. The van der Waals surface area contributed by atoms with Gasteiger partial charge in [-0.15, -0.1) is 0 Å². The maximum absolute atomic E-state index is 15.8. The van der Waals surface area contributed by atoms with Crippen molar-refractivity contribution in [3.05, 3.63) is 65.2 Å². The summed E-state index contributed by atoms with van der Waals surface area (Å²) in [5.74, 6) is -6.23. The molecule has 1 unspecified atom stereocenters. The first-order chi connectivity index (χ1) is 20.5. The van der Waals surface area contributed by atoms with Gasteiger partial charge in [0.1, 0.15) is 12.4 Å². The number of ether oxygens (including phenoxy) is 2. The lowest BCUT2D eigenvalue weighted by Gasteiger charge is -2.37. The van der Waals surface area contributed by atoms with Gasteiger partial charge in [0.2, 0.25) is 0 Å². The SMILES string of the molecule is Cc1ncc(-c2nn(COCC[Si](C)(C)C)c3ccc(NC4(OC(=O)C(F)(F)F)c5ccc(C#N)cc5CC4(F)F)cc23)o1. The van der Waals surface area contributed by atoms with Crippen LogP contribution in [-0.2, 0) is 33.1 Å². The van der Waals surface area contributed by atoms with Gasteiger partial charge in [-0.1, -0.05) is 25.7 Å². The summed E-state index contributed by atoms with van der Waals surface area (Å²) in [6.07, 6.45) is -5.19. The number of aryl methyl sites for hydroxylation is 1. The molecule has 0 spiro atoms. The molecule has 0 fully saturated rings. The first-order valence-electron chi connectivity index (χ1n) is 13.5. The van der Waals surface area contributed by atoms with Gasteiger partial charge < -0.3 is 19.2 Å². The predicted octanol–water partition coefficient (Wildman–Crippen LogP) is 6.75. The number of carbonyl (C=O) groups excluding carboxylic acids is 1. The average Bonchev–Trinajstić information content (AvgIpc) is 3.57. The lowest BCUT2D eigenvalue weighted by Crippen LogP contribution is -2.53. The Balaban J connectivity index is 1.60. The average molecular weight is 634 g/mol. The van der Waals surface area contributed by atoms with Crippen LogP contribution >= 0.6 is 0 Å². The predicted molar refractivity (Wildman–Crippen MR) is 151 cm³/mol. The van der Waals surface area contributed by atoms with Crippen LogP contribution in [-0.4, -0.2) is 47.5 Å². The highest BCUT2D eigenvalue weighted by atomic mass is 28.3. The molecule has 2 aromatic carbocycles. The summed E-state index contributed by atoms with van der Waals surface area (Å²) in [5.41, 5.74) is -3.06. The largest absolute Gasteiger partial charge is 0.491 e. The molecule has 1 N–H and O–H groups in total. The fourth-order valence-electron chi connectivity index (χ4n) is 4.97. The van der Waals surface area contributed by atoms with Gasteiger partial charge in [-0.3, -0.25) is 0 Å². The van der Waals surface area contributed by atoms with Gasteiger partial charge in [0.05, 0.1) is 23.3 Å². The Morgan fingerprint density at radius 2 is 1.95 bits per heavy atom. The van der Waals surface area contributed by atoms with Crippen molar-refractivity contribution < 1.29 is 40.6 Å². The van der Waals surface area contributed by atoms with Gasteiger partial charge >= 0.3 is 18.1 Å². The Bertz CT molecular complexity index is 1770. The van der Waals surface area contributed by atoms with E-state index in [1.165, 1.54) is 24.4 Å². The zero-order chi connectivity index (χ0) is 32.1. The molecule has 9 nitrogen and oxygen atoms in total. The summed E-state index contributed by atoms with van der Waals surface area (Å²) >= 11 is 0. The van der Waals surface area contributed by atoms with Crippen molar-refractivity contribution in [1.29, 1.82) is 5.26 Å². The van der Waals surface area contributed by atoms with Crippen molar-refractivity contribution in [2.24, 2.45) is 0 Å². The van der Waals surface area contributed by atoms with Crippen LogP contribution in [0.25, 0.3) is 22.4 Å². The lowest BCUT2D eigenvalue weighted by atomic mass is 10.00. The highest BCUT2D eigenvalue weighted by Gasteiger charge is 2.66. The number of hydrogen-bond donors (Lipinski definition) is 1. The van der Waals surface area contributed by atoms with E-state index in [9.17, 15) is 23.2 Å². The van der Waals surface area contributed by atoms with E-state index in [0.29, 0.717) is 23.4 Å². The van der Waals surface area contributed by atoms with E-state index < -0.39 is 43.9 Å². The van der Waals surface area contributed by atoms with Crippen molar-refractivity contribution in [2.75, 3.05) is 11.9 Å². The molecule has 0 radical (unpaired) electrons. The number of nitrogens with zero attached hydrogens (tertiary/aromatic N) is 4. The molecule has 0 aliphatic heterocycles. The minimum Gasteiger partial charge on any atom is -0.439 e. The van der Waals surface area contributed by atoms with Crippen molar-refractivity contribution in [1.82, 2.24) is 14.8 Å². The van der Waals surface area contributed by atoms with Crippen LogP contribution < -0.4 is 5.32 Å². The summed E-state index contributed by atoms with van der Waals surface area (Å²) in [6.45, 7) is 8.85. The molecule has 0 bridgehead atoms. The van der Waals surface area contributed by atoms with Crippen LogP contribution in [0.1, 0.15) is 22.6 Å². The van der Waals surface area contributed by atoms with E-state index in [1.54, 1.807) is 11.6 Å². The molecule has 0 amide bonds. The molecule has 4 aromatic rings. The molecule has 0 saturated carbocycles. The minimum atomic E-state index is -5.56. The molecule has 15 heteroatoms. The van der Waals surface area contributed by atoms with Crippen LogP contribution in [0.5, 0.6) is 0 Å². The van der Waals surface area contributed by atoms with Crippen LogP contribution in [0.2, 0.25) is 25.7 Å². The maximum Gasteiger partial charge on any atom is 0.491 e. The van der Waals surface area contributed by atoms with E-state index in [2.05, 4.69) is 39.8 Å². The number of fused-ring (bicyclic) bond motifs is 2. The molecule has 1 atom stereocenters. The quantitative estimate of drug-likeness (QED) is 0.0708. The Morgan fingerprint density at radius 3 is 2.59 bits per heavy atom. The summed E-state index contributed by atoms with van der Waals surface area (Å²) in [6, 6.07) is 10.4. The monoisotopic (exact) mass is 633 g/mol. The summed E-state index contributed by atoms with van der Waals surface area (Å²) in [7, 11) is -1.36. The molecule has 0 saturated heterocycles. The van der Waals surface area contributed by atoms with Crippen molar-refractivity contribution in [2.45, 2.75) is 63.6 Å². The van der Waals surface area contributed by atoms with Crippen molar-refractivity contribution in [3.8, 4) is 17.5 Å². The van der Waals surface area contributed by atoms with E-state index in [4.69, 9.17) is 9.15 Å². The lowest BCUT2D eigenvalue weighted by molar-refractivity contribution is -0.238. The number of anilines is 1. The third kappa shape index (κ3) is 5.91. The highest BCUT2D eigenvalue weighted by Crippen LogP contribution is 2.52. The van der Waals surface area contributed by atoms with Crippen LogP contribution in [0.4, 0.5) is 27.6 Å². The number of oxazole rings is 1. The highest BCUT2D eigenvalue weighted by molar-refractivity contribution is 6.76. The molecule has 232 valence electrons. The van der Waals surface area contributed by atoms with E-state index >= 15 is 8.78 Å². The molecule has 1 aliphatic rings. The third-order valence-corrected chi connectivity index (χ3v) is 8.86. The second kappa shape index (κ2) is 11.0. The number of alkyl halides is 5. The number of esters is 1. The van der Waals surface area contributed by atoms with Gasteiger partial charge in [-0.05, 0) is 41.9 Å². The number of nitrogens with one attached hydrogen (secondary N) is 1. The van der Waals surface area contributed by atoms with Gasteiger partial charge in [0, 0.05) is 44.7 Å². The summed E-state index contributed by atoms with van der Waals surface area (Å²) < 4.78 is 89.5. The summed E-state index contributed by atoms with van der Waals surface area (Å²) in [4.78, 5) is 16.2. The minimum absolute atomic E-state index is 0.0189. The zero-order valence-electron chi connectivity index (χ0n) is 24.2. The van der Waals surface area contributed by atoms with Crippen LogP contribution in [0, 0.1) is 18.3 Å². The number of nitriles is 1. The number of hydrogen-bond acceptors (Lipinski definition) is 8. The first kappa shape index (κ1) is 31.1. The number of halogens is 5. The third-order valence-electron chi connectivity index (χ3n) is 7.15. The number of rotatable bonds is 9. The smallest absolute Gasteiger partial charge is 0.439 e. The van der Waals surface area contributed by atoms with E-state index in [1.807, 2.05) is 6.07 Å². The summed E-state index contributed by atoms with van der Waals surface area (Å²) in [5, 5.41) is 16.6. The first-order valence-corrected chi connectivity index (χ1v) is 17.2. The normalized spacial score (nSPS) is 17.8. The molecular weight excluding hydrogens is 605 g/mol. The molecule has 1 aliphatic carbocycles. The van der Waals surface area contributed by atoms with Gasteiger partial charge in [-0.25, -0.2) is 14.5 Å². The van der Waals surface area contributed by atoms with Gasteiger partial charge in [-0.2, -0.15) is 32.3 Å². The fraction of sp³-hybridized carbons (Fsp3) is 0.379. The van der Waals surface area contributed by atoms with E-state index in [0.717, 1.165) is 24.2 Å². The molecule has 44 heavy (non-hydrogen) atoms. The number of benzene rings is 2. The number of carbonyl (C=O) groups is 1. The maximum atomic E-state index is 15.8. The Morgan fingerprint density at radius 1 is 1.20 bits per heavy atom. The van der Waals surface area contributed by atoms with E-state index in [-0.39, 0.29) is 35.0 Å².